The Bertz CT molecular complexity index is 775. The van der Waals surface area contributed by atoms with Crippen LogP contribution in [0.25, 0.3) is 0 Å². The first-order valence-corrected chi connectivity index (χ1v) is 11.5. The summed E-state index contributed by atoms with van der Waals surface area (Å²) >= 11 is 0. The molecule has 0 saturated carbocycles. The summed E-state index contributed by atoms with van der Waals surface area (Å²) in [7, 11) is 0. The van der Waals surface area contributed by atoms with Gasteiger partial charge in [-0.05, 0) is 38.6 Å². The van der Waals surface area contributed by atoms with Crippen LogP contribution in [0.1, 0.15) is 44.9 Å². The van der Waals surface area contributed by atoms with Gasteiger partial charge in [-0.2, -0.15) is 0 Å². The Kier molecular flexibility index (Phi) is 16.1. The SMILES string of the molecule is NCCCCC(N)C(=O)NC(CCCN=C(N)N)C(=O)NC(CCC(N)=O)C(=O)NC(CO)C(=O)O. The zero-order valence-electron chi connectivity index (χ0n) is 20.2. The van der Waals surface area contributed by atoms with Crippen molar-refractivity contribution in [2.24, 2.45) is 33.7 Å². The molecule has 0 aromatic carbocycles. The van der Waals surface area contributed by atoms with Crippen LogP contribution in [0, 0.1) is 0 Å². The number of nitrogens with two attached hydrogens (primary N) is 5. The number of rotatable bonds is 19. The Morgan fingerprint density at radius 1 is 0.778 bits per heavy atom. The number of aliphatic hydroxyl groups excluding tert-OH is 1. The molecule has 0 aliphatic heterocycles. The van der Waals surface area contributed by atoms with Crippen LogP contribution in [0.15, 0.2) is 4.99 Å². The number of carboxylic acid groups (broad SMARTS) is 1. The van der Waals surface area contributed by atoms with Crippen molar-refractivity contribution >= 4 is 35.6 Å². The van der Waals surface area contributed by atoms with Crippen LogP contribution in [0.4, 0.5) is 0 Å². The van der Waals surface area contributed by atoms with E-state index in [4.69, 9.17) is 38.9 Å². The summed E-state index contributed by atoms with van der Waals surface area (Å²) in [4.78, 5) is 64.3. The second kappa shape index (κ2) is 17.9. The van der Waals surface area contributed by atoms with E-state index in [9.17, 15) is 24.0 Å². The van der Waals surface area contributed by atoms with Crippen molar-refractivity contribution in [2.45, 2.75) is 69.1 Å². The standard InChI is InChI=1S/C20H39N9O7/c21-8-2-1-4-11(22)16(32)27-12(5-3-9-26-20(24)25)17(33)28-13(6-7-15(23)31)18(34)29-14(10-30)19(35)36/h11-14,30H,1-10,21-22H2,(H2,23,31)(H,27,32)(H,28,33)(H,29,34)(H,35,36)(H4,24,25,26). The van der Waals surface area contributed by atoms with Crippen molar-refractivity contribution < 1.29 is 34.2 Å². The molecular formula is C20H39N9O7. The fourth-order valence-corrected chi connectivity index (χ4v) is 2.98. The number of carboxylic acids is 1. The van der Waals surface area contributed by atoms with Gasteiger partial charge in [0.1, 0.15) is 18.1 Å². The molecule has 0 saturated heterocycles. The number of hydrogen-bond donors (Lipinski definition) is 10. The van der Waals surface area contributed by atoms with Crippen molar-refractivity contribution in [3.8, 4) is 0 Å². The summed E-state index contributed by atoms with van der Waals surface area (Å²) in [6, 6.07) is -5.07. The Labute approximate surface area is 208 Å². The van der Waals surface area contributed by atoms with E-state index in [0.717, 1.165) is 0 Å². The predicted molar refractivity (Wildman–Crippen MR) is 130 cm³/mol. The summed E-state index contributed by atoms with van der Waals surface area (Å²) in [5.41, 5.74) is 27.0. The van der Waals surface area contributed by atoms with Gasteiger partial charge in [-0.25, -0.2) is 4.79 Å². The van der Waals surface area contributed by atoms with Gasteiger partial charge < -0.3 is 54.8 Å². The van der Waals surface area contributed by atoms with E-state index in [1.54, 1.807) is 0 Å². The maximum Gasteiger partial charge on any atom is 0.328 e. The summed E-state index contributed by atoms with van der Waals surface area (Å²) < 4.78 is 0. The number of carbonyl (C=O) groups is 5. The molecule has 16 heteroatoms. The maximum absolute atomic E-state index is 13.0. The van der Waals surface area contributed by atoms with Crippen molar-refractivity contribution in [3.63, 3.8) is 0 Å². The highest BCUT2D eigenvalue weighted by molar-refractivity contribution is 5.94. The zero-order chi connectivity index (χ0) is 27.7. The molecule has 4 unspecified atom stereocenters. The molecular weight excluding hydrogens is 478 g/mol. The quantitative estimate of drug-likeness (QED) is 0.0440. The second-order valence-corrected chi connectivity index (χ2v) is 8.05. The number of aliphatic hydroxyl groups is 1. The van der Waals surface area contributed by atoms with E-state index in [1.165, 1.54) is 0 Å². The maximum atomic E-state index is 13.0. The van der Waals surface area contributed by atoms with Gasteiger partial charge in [0.15, 0.2) is 5.96 Å². The van der Waals surface area contributed by atoms with E-state index < -0.39 is 60.4 Å². The van der Waals surface area contributed by atoms with E-state index in [1.807, 2.05) is 0 Å². The van der Waals surface area contributed by atoms with Crippen molar-refractivity contribution in [1.29, 1.82) is 0 Å². The number of carbonyl (C=O) groups excluding carboxylic acids is 4. The molecule has 0 radical (unpaired) electrons. The van der Waals surface area contributed by atoms with Gasteiger partial charge in [-0.3, -0.25) is 24.2 Å². The smallest absolute Gasteiger partial charge is 0.328 e. The normalized spacial score (nSPS) is 14.0. The zero-order valence-corrected chi connectivity index (χ0v) is 20.2. The minimum Gasteiger partial charge on any atom is -0.480 e. The molecule has 0 spiro atoms. The number of amides is 4. The minimum atomic E-state index is -1.63. The summed E-state index contributed by atoms with van der Waals surface area (Å²) in [5, 5.41) is 25.2. The molecule has 4 amide bonds. The Morgan fingerprint density at radius 3 is 1.83 bits per heavy atom. The number of hydrogen-bond acceptors (Lipinski definition) is 9. The Balaban J connectivity index is 5.54. The van der Waals surface area contributed by atoms with Crippen LogP contribution < -0.4 is 44.6 Å². The predicted octanol–water partition coefficient (Wildman–Crippen LogP) is -4.71. The number of nitrogens with zero attached hydrogens (tertiary/aromatic N) is 1. The van der Waals surface area contributed by atoms with Gasteiger partial charge in [0.25, 0.3) is 0 Å². The summed E-state index contributed by atoms with van der Waals surface area (Å²) in [6.45, 7) is -0.298. The lowest BCUT2D eigenvalue weighted by Gasteiger charge is -2.25. The van der Waals surface area contributed by atoms with Gasteiger partial charge in [0.05, 0.1) is 12.6 Å². The number of nitrogens with one attached hydrogen (secondary N) is 3. The van der Waals surface area contributed by atoms with Crippen LogP contribution in [-0.2, 0) is 24.0 Å². The van der Waals surface area contributed by atoms with Crippen molar-refractivity contribution in [2.75, 3.05) is 19.7 Å². The molecule has 4 atom stereocenters. The molecule has 16 nitrogen and oxygen atoms in total. The summed E-state index contributed by atoms with van der Waals surface area (Å²) in [5.74, 6) is -4.76. The molecule has 0 aliphatic carbocycles. The van der Waals surface area contributed by atoms with Gasteiger partial charge >= 0.3 is 5.97 Å². The van der Waals surface area contributed by atoms with E-state index in [2.05, 4.69) is 20.9 Å². The molecule has 0 aromatic rings. The molecule has 36 heavy (non-hydrogen) atoms. The first kappa shape index (κ1) is 32.5. The highest BCUT2D eigenvalue weighted by Crippen LogP contribution is 2.05. The van der Waals surface area contributed by atoms with E-state index >= 15 is 0 Å². The lowest BCUT2D eigenvalue weighted by Crippen LogP contribution is -2.57. The number of aliphatic carboxylic acids is 1. The second-order valence-electron chi connectivity index (χ2n) is 8.05. The third-order valence-corrected chi connectivity index (χ3v) is 4.99. The van der Waals surface area contributed by atoms with Gasteiger partial charge in [-0.1, -0.05) is 6.42 Å². The topological polar surface area (TPSA) is 304 Å². The lowest BCUT2D eigenvalue weighted by atomic mass is 10.1. The van der Waals surface area contributed by atoms with Gasteiger partial charge in [0.2, 0.25) is 23.6 Å². The lowest BCUT2D eigenvalue weighted by molar-refractivity contribution is -0.143. The fourth-order valence-electron chi connectivity index (χ4n) is 2.98. The molecule has 0 rings (SSSR count). The molecule has 15 N–H and O–H groups in total. The van der Waals surface area contributed by atoms with Crippen LogP contribution in [0.5, 0.6) is 0 Å². The number of primary amides is 1. The van der Waals surface area contributed by atoms with Crippen LogP contribution in [0.3, 0.4) is 0 Å². The number of unbranched alkanes of at least 4 members (excludes halogenated alkanes) is 1. The van der Waals surface area contributed by atoms with Crippen molar-refractivity contribution in [1.82, 2.24) is 16.0 Å². The van der Waals surface area contributed by atoms with Gasteiger partial charge in [-0.15, -0.1) is 0 Å². The largest absolute Gasteiger partial charge is 0.480 e. The molecule has 0 aliphatic rings. The van der Waals surface area contributed by atoms with E-state index in [0.29, 0.717) is 25.8 Å². The highest BCUT2D eigenvalue weighted by atomic mass is 16.4. The molecule has 0 fully saturated rings. The van der Waals surface area contributed by atoms with E-state index in [-0.39, 0.29) is 38.2 Å². The third kappa shape index (κ3) is 14.0. The molecule has 206 valence electrons. The van der Waals surface area contributed by atoms with Crippen LogP contribution >= 0.6 is 0 Å². The molecule has 0 bridgehead atoms. The minimum absolute atomic E-state index is 0.0718. The van der Waals surface area contributed by atoms with Crippen molar-refractivity contribution in [3.05, 3.63) is 0 Å². The average Bonchev–Trinajstić information content (AvgIpc) is 2.80. The fraction of sp³-hybridized carbons (Fsp3) is 0.700. The monoisotopic (exact) mass is 517 g/mol. The van der Waals surface area contributed by atoms with Gasteiger partial charge in [0, 0.05) is 13.0 Å². The number of guanidine groups is 1. The first-order chi connectivity index (χ1) is 16.9. The summed E-state index contributed by atoms with van der Waals surface area (Å²) in [6.07, 6.45) is 1.42. The first-order valence-electron chi connectivity index (χ1n) is 11.5. The third-order valence-electron chi connectivity index (χ3n) is 4.99. The number of aliphatic imine (C=N–C) groups is 1. The van der Waals surface area contributed by atoms with Crippen LogP contribution in [0.2, 0.25) is 0 Å². The molecule has 0 aromatic heterocycles. The average molecular weight is 518 g/mol. The highest BCUT2D eigenvalue weighted by Gasteiger charge is 2.30. The molecule has 0 heterocycles. The van der Waals surface area contributed by atoms with Crippen LogP contribution in [-0.4, -0.2) is 89.6 Å². The Morgan fingerprint density at radius 2 is 1.33 bits per heavy atom. The Hall–Kier alpha value is -3.50.